The number of halogens is 2. The smallest absolute Gasteiger partial charge is 0.276 e. The van der Waals surface area contributed by atoms with Crippen LogP contribution in [-0.2, 0) is 11.3 Å². The van der Waals surface area contributed by atoms with Gasteiger partial charge in [-0.05, 0) is 48.8 Å². The third kappa shape index (κ3) is 4.92. The molecule has 4 N–H and O–H groups in total. The van der Waals surface area contributed by atoms with Gasteiger partial charge in [0.25, 0.3) is 5.91 Å². The van der Waals surface area contributed by atoms with Gasteiger partial charge in [-0.1, -0.05) is 19.9 Å². The molecule has 194 valence electrons. The number of para-hydroxylation sites is 1. The predicted octanol–water partition coefficient (Wildman–Crippen LogP) is 3.20. The summed E-state index contributed by atoms with van der Waals surface area (Å²) in [6.07, 6.45) is 3.92. The summed E-state index contributed by atoms with van der Waals surface area (Å²) in [7, 11) is 0. The maximum Gasteiger partial charge on any atom is 0.276 e. The molecule has 5 rings (SSSR count). The van der Waals surface area contributed by atoms with Crippen LogP contribution in [-0.4, -0.2) is 51.9 Å². The Morgan fingerprint density at radius 2 is 1.97 bits per heavy atom. The second-order valence-electron chi connectivity index (χ2n) is 9.76. The number of hydrazone groups is 1. The van der Waals surface area contributed by atoms with Gasteiger partial charge < -0.3 is 21.1 Å². The van der Waals surface area contributed by atoms with E-state index in [0.717, 1.165) is 53.2 Å². The van der Waals surface area contributed by atoms with Crippen LogP contribution in [0.2, 0.25) is 0 Å². The number of carbonyl (C=O) groups is 1. The molecule has 3 aromatic rings. The minimum absolute atomic E-state index is 0.0147. The molecular weight excluding hydrogens is 480 g/mol. The fourth-order valence-electron chi connectivity index (χ4n) is 4.69. The third-order valence-corrected chi connectivity index (χ3v) is 6.34. The number of nitrogens with one attached hydrogen (secondary N) is 1. The van der Waals surface area contributed by atoms with E-state index >= 15 is 0 Å². The summed E-state index contributed by atoms with van der Waals surface area (Å²) in [5.41, 5.74) is 7.68. The van der Waals surface area contributed by atoms with Crippen molar-refractivity contribution in [2.75, 3.05) is 28.3 Å². The van der Waals surface area contributed by atoms with E-state index in [4.69, 9.17) is 5.73 Å². The molecule has 1 fully saturated rings. The van der Waals surface area contributed by atoms with Crippen molar-refractivity contribution in [3.8, 4) is 0 Å². The lowest BCUT2D eigenvalue weighted by Crippen LogP contribution is -2.37. The highest BCUT2D eigenvalue weighted by atomic mass is 19.1. The molecule has 2 atom stereocenters. The Morgan fingerprint density at radius 3 is 2.65 bits per heavy atom. The normalized spacial score (nSPS) is 19.7. The van der Waals surface area contributed by atoms with Crippen molar-refractivity contribution in [3.63, 3.8) is 0 Å². The molecule has 37 heavy (non-hydrogen) atoms. The number of nitrogens with zero attached hydrogens (tertiary/aromatic N) is 5. The van der Waals surface area contributed by atoms with E-state index in [0.29, 0.717) is 18.2 Å². The largest absolute Gasteiger partial charge is 0.368 e. The van der Waals surface area contributed by atoms with Crippen molar-refractivity contribution in [1.82, 2.24) is 9.78 Å². The molecule has 9 nitrogen and oxygen atoms in total. The quantitative estimate of drug-likeness (QED) is 0.471. The lowest BCUT2D eigenvalue weighted by molar-refractivity contribution is -0.110. The van der Waals surface area contributed by atoms with Crippen molar-refractivity contribution in [2.24, 2.45) is 16.8 Å². The molecular formula is C26H29F2N7O2. The number of aromatic nitrogens is 2. The van der Waals surface area contributed by atoms with E-state index < -0.39 is 29.5 Å². The molecule has 1 amide bonds. The Kier molecular flexibility index (Phi) is 6.65. The summed E-state index contributed by atoms with van der Waals surface area (Å²) in [6, 6.07) is 6.96. The second-order valence-corrected chi connectivity index (χ2v) is 9.76. The van der Waals surface area contributed by atoms with Crippen molar-refractivity contribution in [3.05, 3.63) is 60.3 Å². The highest BCUT2D eigenvalue weighted by molar-refractivity contribution is 6.47. The number of anilines is 3. The zero-order valence-corrected chi connectivity index (χ0v) is 20.6. The van der Waals surface area contributed by atoms with Gasteiger partial charge >= 0.3 is 0 Å². The van der Waals surface area contributed by atoms with Gasteiger partial charge in [-0.2, -0.15) is 10.2 Å². The number of amides is 1. The molecule has 0 spiro atoms. The Balaban J connectivity index is 1.50. The Hall–Kier alpha value is -3.83. The number of nitrogens with two attached hydrogens (primary N) is 1. The molecule has 1 aromatic heterocycles. The monoisotopic (exact) mass is 509 g/mol. The highest BCUT2D eigenvalue weighted by Gasteiger charge is 2.28. The van der Waals surface area contributed by atoms with Crippen LogP contribution in [0.15, 0.2) is 53.8 Å². The van der Waals surface area contributed by atoms with E-state index in [1.165, 1.54) is 18.2 Å². The molecule has 1 unspecified atom stereocenters. The van der Waals surface area contributed by atoms with Gasteiger partial charge in [0.05, 0.1) is 16.9 Å². The average molecular weight is 510 g/mol. The van der Waals surface area contributed by atoms with Gasteiger partial charge in [0.1, 0.15) is 11.4 Å². The first kappa shape index (κ1) is 24.8. The van der Waals surface area contributed by atoms with Gasteiger partial charge in [0.2, 0.25) is 0 Å². The van der Waals surface area contributed by atoms with E-state index in [1.807, 2.05) is 16.9 Å². The fourth-order valence-corrected chi connectivity index (χ4v) is 4.69. The van der Waals surface area contributed by atoms with Crippen LogP contribution in [0.3, 0.4) is 0 Å². The van der Waals surface area contributed by atoms with Gasteiger partial charge in [0, 0.05) is 37.3 Å². The Morgan fingerprint density at radius 1 is 1.22 bits per heavy atom. The van der Waals surface area contributed by atoms with Crippen LogP contribution < -0.4 is 21.0 Å². The van der Waals surface area contributed by atoms with Crippen LogP contribution in [0.4, 0.5) is 25.8 Å². The van der Waals surface area contributed by atoms with Crippen molar-refractivity contribution in [2.45, 2.75) is 39.1 Å². The number of rotatable bonds is 6. The third-order valence-electron chi connectivity index (χ3n) is 6.34. The van der Waals surface area contributed by atoms with Crippen molar-refractivity contribution in [1.29, 1.82) is 0 Å². The van der Waals surface area contributed by atoms with Gasteiger partial charge in [-0.3, -0.25) is 9.48 Å². The number of fused-ring (bicyclic) bond motifs is 1. The van der Waals surface area contributed by atoms with Gasteiger partial charge in [0.15, 0.2) is 17.9 Å². The highest BCUT2D eigenvalue weighted by Crippen LogP contribution is 2.36. The lowest BCUT2D eigenvalue weighted by atomic mass is 10.1. The summed E-state index contributed by atoms with van der Waals surface area (Å²) < 4.78 is 30.6. The number of carbonyl (C=O) groups excluding carboxylic acids is 1. The van der Waals surface area contributed by atoms with Crippen LogP contribution >= 0.6 is 0 Å². The first-order valence-corrected chi connectivity index (χ1v) is 12.2. The van der Waals surface area contributed by atoms with Crippen molar-refractivity contribution < 1.29 is 18.7 Å². The molecule has 3 heterocycles. The molecule has 0 bridgehead atoms. The summed E-state index contributed by atoms with van der Waals surface area (Å²) in [6.45, 7) is 6.34. The van der Waals surface area contributed by atoms with Crippen LogP contribution in [0, 0.1) is 17.6 Å². The lowest BCUT2D eigenvalue weighted by Gasteiger charge is -2.27. The molecule has 11 heteroatoms. The van der Waals surface area contributed by atoms with E-state index in [2.05, 4.69) is 34.3 Å². The van der Waals surface area contributed by atoms with Crippen LogP contribution in [0.1, 0.15) is 20.3 Å². The molecule has 2 aromatic carbocycles. The molecule has 1 saturated heterocycles. The summed E-state index contributed by atoms with van der Waals surface area (Å²) >= 11 is 0. The number of benzene rings is 2. The second kappa shape index (κ2) is 9.91. The van der Waals surface area contributed by atoms with E-state index in [-0.39, 0.29) is 11.8 Å². The fraction of sp³-hybridized carbons (Fsp3) is 0.346. The summed E-state index contributed by atoms with van der Waals surface area (Å²) in [4.78, 5) is 15.4. The zero-order chi connectivity index (χ0) is 26.3. The number of aliphatic hydroxyl groups excluding tert-OH is 1. The predicted molar refractivity (Wildman–Crippen MR) is 139 cm³/mol. The average Bonchev–Trinajstić information content (AvgIpc) is 3.45. The minimum atomic E-state index is -1.44. The standard InChI is InChI=1S/C26H29F2N7O2/c1-15(2)12-34-14-17-20(31-34)6-7-21(24(17)33-11-10-16(29)13-33)30-26(37)22-8-9-23(36)35(32-22)25-18(27)4-3-5-19(25)28/h3-9,14-16,23,36H,10-13,29H2,1-2H3,(H,30,37)/t16-,23?/m1/s1. The van der Waals surface area contributed by atoms with E-state index in [1.54, 1.807) is 6.07 Å². The molecule has 0 saturated carbocycles. The number of hydrogen-bond acceptors (Lipinski definition) is 7. The maximum absolute atomic E-state index is 14.4. The molecule has 0 radical (unpaired) electrons. The Bertz CT molecular complexity index is 1380. The molecule has 0 aliphatic carbocycles. The first-order chi connectivity index (χ1) is 17.7. The molecule has 2 aliphatic heterocycles. The molecule has 2 aliphatic rings. The SMILES string of the molecule is CC(C)Cn1cc2c(N3CC[C@@H](N)C3)c(NC(=O)C3=NN(c4c(F)cccc4F)C(O)C=C3)ccc2n1. The number of aliphatic hydroxyl groups is 1. The van der Waals surface area contributed by atoms with Gasteiger partial charge in [-0.15, -0.1) is 0 Å². The minimum Gasteiger partial charge on any atom is -0.368 e. The maximum atomic E-state index is 14.4. The van der Waals surface area contributed by atoms with Gasteiger partial charge in [-0.25, -0.2) is 13.8 Å². The topological polar surface area (TPSA) is 112 Å². The number of hydrogen-bond donors (Lipinski definition) is 3. The van der Waals surface area contributed by atoms with Crippen molar-refractivity contribution >= 4 is 39.6 Å². The summed E-state index contributed by atoms with van der Waals surface area (Å²) in [5.74, 6) is -2.00. The zero-order valence-electron chi connectivity index (χ0n) is 20.6. The van der Waals surface area contributed by atoms with Crippen LogP contribution in [0.25, 0.3) is 10.9 Å². The summed E-state index contributed by atoms with van der Waals surface area (Å²) in [5, 5.41) is 23.6. The van der Waals surface area contributed by atoms with Crippen LogP contribution in [0.5, 0.6) is 0 Å². The first-order valence-electron chi connectivity index (χ1n) is 12.2. The Labute approximate surface area is 212 Å². The van der Waals surface area contributed by atoms with E-state index in [9.17, 15) is 18.7 Å².